The quantitative estimate of drug-likeness (QED) is 0.859. The van der Waals surface area contributed by atoms with E-state index in [4.69, 9.17) is 9.26 Å². The van der Waals surface area contributed by atoms with Crippen LogP contribution in [0.15, 0.2) is 22.7 Å². The number of nitrogens with zero attached hydrogens (tertiary/aromatic N) is 1. The zero-order valence-corrected chi connectivity index (χ0v) is 12.8. The van der Waals surface area contributed by atoms with Crippen molar-refractivity contribution in [3.63, 3.8) is 0 Å². The first-order valence-corrected chi connectivity index (χ1v) is 7.33. The molecule has 0 unspecified atom stereocenters. The number of hydrogen-bond acceptors (Lipinski definition) is 6. The number of ether oxygens (including phenoxy) is 1. The van der Waals surface area contributed by atoms with Crippen LogP contribution in [0.1, 0.15) is 33.7 Å². The van der Waals surface area contributed by atoms with E-state index in [1.807, 2.05) is 13.0 Å². The van der Waals surface area contributed by atoms with Crippen molar-refractivity contribution < 1.29 is 18.8 Å². The van der Waals surface area contributed by atoms with E-state index in [1.54, 1.807) is 26.0 Å². The summed E-state index contributed by atoms with van der Waals surface area (Å²) in [6, 6.07) is 5.11. The van der Waals surface area contributed by atoms with Crippen LogP contribution in [0.25, 0.3) is 0 Å². The monoisotopic (exact) mass is 308 g/mol. The molecule has 7 heteroatoms. The van der Waals surface area contributed by atoms with Gasteiger partial charge in [0, 0.05) is 10.9 Å². The lowest BCUT2D eigenvalue weighted by Gasteiger charge is -2.14. The molecule has 0 aromatic carbocycles. The maximum Gasteiger partial charge on any atom is 0.349 e. The van der Waals surface area contributed by atoms with Crippen LogP contribution in [0.3, 0.4) is 0 Å². The van der Waals surface area contributed by atoms with Crippen molar-refractivity contribution in [3.8, 4) is 0 Å². The van der Waals surface area contributed by atoms with E-state index in [9.17, 15) is 9.59 Å². The second-order valence-electron chi connectivity index (χ2n) is 4.52. The van der Waals surface area contributed by atoms with Gasteiger partial charge in [0.15, 0.2) is 11.9 Å². The minimum atomic E-state index is -0.864. The molecule has 6 nitrogen and oxygen atoms in total. The molecule has 2 heterocycles. The Bertz CT molecular complexity index is 647. The fourth-order valence-corrected chi connectivity index (χ4v) is 2.44. The fourth-order valence-electron chi connectivity index (χ4n) is 1.69. The molecule has 0 radical (unpaired) electrons. The number of hydrogen-bond donors (Lipinski definition) is 1. The molecule has 0 bridgehead atoms. The van der Waals surface area contributed by atoms with E-state index >= 15 is 0 Å². The lowest BCUT2D eigenvalue weighted by molar-refractivity contribution is -0.124. The first-order valence-electron chi connectivity index (χ1n) is 6.51. The Labute approximate surface area is 126 Å². The summed E-state index contributed by atoms with van der Waals surface area (Å²) in [5, 5.41) is 6.23. The molecule has 2 aromatic heterocycles. The van der Waals surface area contributed by atoms with Gasteiger partial charge in [-0.05, 0) is 32.4 Å². The summed E-state index contributed by atoms with van der Waals surface area (Å²) in [5.74, 6) is -0.0257. The Hall–Kier alpha value is -2.15. The number of esters is 1. The van der Waals surface area contributed by atoms with Gasteiger partial charge in [-0.3, -0.25) is 4.79 Å². The van der Waals surface area contributed by atoms with Crippen LogP contribution in [-0.4, -0.2) is 23.1 Å². The molecule has 1 amide bonds. The Morgan fingerprint density at radius 3 is 2.71 bits per heavy atom. The van der Waals surface area contributed by atoms with Crippen molar-refractivity contribution in [2.75, 3.05) is 5.32 Å². The molecule has 0 aliphatic carbocycles. The zero-order chi connectivity index (χ0) is 15.4. The third kappa shape index (κ3) is 3.91. The maximum absolute atomic E-state index is 12.1. The minimum absolute atomic E-state index is 0.305. The molecule has 112 valence electrons. The summed E-state index contributed by atoms with van der Waals surface area (Å²) in [7, 11) is 0. The van der Waals surface area contributed by atoms with Gasteiger partial charge in [-0.2, -0.15) is 0 Å². The van der Waals surface area contributed by atoms with Gasteiger partial charge in [-0.25, -0.2) is 4.79 Å². The van der Waals surface area contributed by atoms with E-state index in [-0.39, 0.29) is 0 Å². The Balaban J connectivity index is 1.98. The number of anilines is 1. The third-order valence-corrected chi connectivity index (χ3v) is 3.71. The fraction of sp³-hybridized carbons (Fsp3) is 0.357. The highest BCUT2D eigenvalue weighted by molar-refractivity contribution is 7.13. The number of aromatic nitrogens is 1. The summed E-state index contributed by atoms with van der Waals surface area (Å²) in [6.07, 6.45) is -0.490. The van der Waals surface area contributed by atoms with Gasteiger partial charge in [0.25, 0.3) is 5.91 Å². The van der Waals surface area contributed by atoms with Crippen LogP contribution in [0.2, 0.25) is 0 Å². The van der Waals surface area contributed by atoms with Gasteiger partial charge in [-0.15, -0.1) is 11.3 Å². The number of nitrogens with one attached hydrogen (secondary N) is 1. The molecule has 0 aliphatic rings. The number of thiophene rings is 1. The highest BCUT2D eigenvalue weighted by Gasteiger charge is 2.23. The van der Waals surface area contributed by atoms with E-state index in [1.165, 1.54) is 11.3 Å². The van der Waals surface area contributed by atoms with Gasteiger partial charge in [0.05, 0.1) is 0 Å². The Morgan fingerprint density at radius 2 is 2.19 bits per heavy atom. The van der Waals surface area contributed by atoms with E-state index in [2.05, 4.69) is 10.5 Å². The first-order chi connectivity index (χ1) is 9.99. The van der Waals surface area contributed by atoms with Crippen molar-refractivity contribution in [2.24, 2.45) is 0 Å². The molecule has 2 aromatic rings. The van der Waals surface area contributed by atoms with Crippen LogP contribution >= 0.6 is 11.3 Å². The van der Waals surface area contributed by atoms with Gasteiger partial charge < -0.3 is 14.6 Å². The van der Waals surface area contributed by atoms with Gasteiger partial charge in [0.1, 0.15) is 10.6 Å². The molecule has 1 atom stereocenters. The molecule has 21 heavy (non-hydrogen) atoms. The molecule has 0 spiro atoms. The third-order valence-electron chi connectivity index (χ3n) is 2.73. The van der Waals surface area contributed by atoms with Crippen LogP contribution in [0, 0.1) is 13.8 Å². The molecule has 0 aliphatic heterocycles. The van der Waals surface area contributed by atoms with Crippen LogP contribution in [0.4, 0.5) is 5.82 Å². The van der Waals surface area contributed by atoms with Crippen LogP contribution < -0.4 is 5.32 Å². The molecule has 0 fully saturated rings. The van der Waals surface area contributed by atoms with E-state index in [0.29, 0.717) is 22.9 Å². The van der Waals surface area contributed by atoms with Gasteiger partial charge in [-0.1, -0.05) is 12.1 Å². The van der Waals surface area contributed by atoms with Crippen LogP contribution in [0.5, 0.6) is 0 Å². The first kappa shape index (κ1) is 15.2. The summed E-state index contributed by atoms with van der Waals surface area (Å²) in [5.41, 5.74) is 0. The molecule has 1 N–H and O–H groups in total. The lowest BCUT2D eigenvalue weighted by Crippen LogP contribution is -2.32. The summed E-state index contributed by atoms with van der Waals surface area (Å²) in [4.78, 5) is 25.5. The second kappa shape index (κ2) is 6.53. The summed E-state index contributed by atoms with van der Waals surface area (Å²) in [6.45, 7) is 5.39. The van der Waals surface area contributed by atoms with E-state index < -0.39 is 18.0 Å². The maximum atomic E-state index is 12.1. The normalized spacial score (nSPS) is 12.0. The summed E-state index contributed by atoms with van der Waals surface area (Å²) < 4.78 is 10.1. The minimum Gasteiger partial charge on any atom is -0.448 e. The van der Waals surface area contributed by atoms with Crippen molar-refractivity contribution in [2.45, 2.75) is 33.3 Å². The number of aryl methyl sites for hydroxylation is 2. The summed E-state index contributed by atoms with van der Waals surface area (Å²) >= 11 is 1.33. The average molecular weight is 308 g/mol. The topological polar surface area (TPSA) is 81.4 Å². The van der Waals surface area contributed by atoms with Crippen molar-refractivity contribution in [3.05, 3.63) is 33.7 Å². The van der Waals surface area contributed by atoms with Crippen molar-refractivity contribution in [1.29, 1.82) is 0 Å². The molecular weight excluding hydrogens is 292 g/mol. The largest absolute Gasteiger partial charge is 0.448 e. The smallest absolute Gasteiger partial charge is 0.349 e. The van der Waals surface area contributed by atoms with Crippen molar-refractivity contribution in [1.82, 2.24) is 5.16 Å². The predicted octanol–water partition coefficient (Wildman–Crippen LogP) is 2.93. The highest BCUT2D eigenvalue weighted by Crippen LogP contribution is 2.18. The number of carbonyl (C=O) groups is 2. The van der Waals surface area contributed by atoms with Crippen LogP contribution in [-0.2, 0) is 9.53 Å². The standard InChI is InChI=1S/C14H16N2O4S/c1-4-10(13(17)15-12-7-8(2)20-16-12)19-14(18)11-6-5-9(3)21-11/h5-7,10H,4H2,1-3H3,(H,15,16,17)/t10-/m1/s1. The number of rotatable bonds is 5. The molecule has 2 rings (SSSR count). The SMILES string of the molecule is CC[C@@H](OC(=O)c1ccc(C)s1)C(=O)Nc1cc(C)on1. The van der Waals surface area contributed by atoms with Crippen molar-refractivity contribution >= 4 is 29.0 Å². The van der Waals surface area contributed by atoms with E-state index in [0.717, 1.165) is 4.88 Å². The average Bonchev–Trinajstić information content (AvgIpc) is 3.04. The second-order valence-corrected chi connectivity index (χ2v) is 5.81. The highest BCUT2D eigenvalue weighted by atomic mass is 32.1. The predicted molar refractivity (Wildman–Crippen MR) is 78.4 cm³/mol. The zero-order valence-electron chi connectivity index (χ0n) is 12.0. The Morgan fingerprint density at radius 1 is 1.43 bits per heavy atom. The molecule has 0 saturated heterocycles. The molecule has 0 saturated carbocycles. The lowest BCUT2D eigenvalue weighted by atomic mass is 10.2. The number of carbonyl (C=O) groups excluding carboxylic acids is 2. The Kier molecular flexibility index (Phi) is 4.74. The molecular formula is C14H16N2O4S. The van der Waals surface area contributed by atoms with Gasteiger partial charge in [0.2, 0.25) is 0 Å². The number of amides is 1. The van der Waals surface area contributed by atoms with Gasteiger partial charge >= 0.3 is 5.97 Å².